The Balaban J connectivity index is 3.32. The normalized spacial score (nSPS) is 13.2. The maximum absolute atomic E-state index is 9.87. The van der Waals surface area contributed by atoms with Crippen molar-refractivity contribution in [1.29, 1.82) is 0 Å². The zero-order valence-electron chi connectivity index (χ0n) is 4.20. The number of hydrogen-bond donors (Lipinski definition) is 2. The highest BCUT2D eigenvalue weighted by atomic mass is 31.0. The van der Waals surface area contributed by atoms with Crippen LogP contribution < -0.4 is 5.73 Å². The van der Waals surface area contributed by atoms with Gasteiger partial charge in [-0.3, -0.25) is 4.79 Å². The molecule has 0 fully saturated rings. The summed E-state index contributed by atoms with van der Waals surface area (Å²) in [6.45, 7) is 0.0278. The van der Waals surface area contributed by atoms with Gasteiger partial charge in [0.25, 0.3) is 0 Å². The second-order valence-electron chi connectivity index (χ2n) is 1.28. The van der Waals surface area contributed by atoms with E-state index < -0.39 is 12.0 Å². The topological polar surface area (TPSA) is 72.5 Å². The van der Waals surface area contributed by atoms with E-state index in [1.807, 2.05) is 9.47 Å². The highest BCUT2D eigenvalue weighted by molar-refractivity contribution is 7.09. The quantitative estimate of drug-likeness (QED) is 0.500. The van der Waals surface area contributed by atoms with Gasteiger partial charge >= 0.3 is 5.97 Å². The number of carbonyl (C=O) groups is 1. The Morgan fingerprint density at radius 2 is 2.50 bits per heavy atom. The minimum absolute atomic E-state index is 0.0278. The number of nitrogens with two attached hydrogens (primary N) is 1. The minimum Gasteiger partial charge on any atom is -0.480 e. The molecule has 8 heavy (non-hydrogen) atoms. The molecule has 2 atom stereocenters. The molecule has 0 amide bonds. The Kier molecular flexibility index (Phi) is 3.69. The Morgan fingerprint density at radius 1 is 2.00 bits per heavy atom. The highest BCUT2D eigenvalue weighted by Gasteiger charge is 2.08. The summed E-state index contributed by atoms with van der Waals surface area (Å²) in [5.41, 5.74) is 4.99. The second kappa shape index (κ2) is 3.78. The van der Waals surface area contributed by atoms with Gasteiger partial charge in [-0.25, -0.2) is 0 Å². The van der Waals surface area contributed by atoms with Crippen molar-refractivity contribution in [1.82, 2.24) is 0 Å². The summed E-state index contributed by atoms with van der Waals surface area (Å²) in [5, 5.41) is 8.10. The van der Waals surface area contributed by atoms with Gasteiger partial charge in [-0.15, -0.1) is 0 Å². The monoisotopic (exact) mass is 137 g/mol. The standard InChI is InChI=1S/C3H8NO3P/c4-2(1-7-8)3(5)6/h2H,1,4,8H2,(H,5,6). The van der Waals surface area contributed by atoms with E-state index in [-0.39, 0.29) is 6.61 Å². The van der Waals surface area contributed by atoms with Gasteiger partial charge in [-0.05, 0) is 0 Å². The number of rotatable bonds is 3. The fraction of sp³-hybridized carbons (Fsp3) is 0.667. The molecule has 0 aromatic heterocycles. The summed E-state index contributed by atoms with van der Waals surface area (Å²) in [4.78, 5) is 9.87. The number of hydrogen-bond acceptors (Lipinski definition) is 3. The van der Waals surface area contributed by atoms with E-state index >= 15 is 0 Å². The summed E-state index contributed by atoms with van der Waals surface area (Å²) in [5.74, 6) is -1.05. The first kappa shape index (κ1) is 7.82. The molecule has 0 spiro atoms. The van der Waals surface area contributed by atoms with Gasteiger partial charge in [0.2, 0.25) is 0 Å². The Bertz CT molecular complexity index is 86.6. The van der Waals surface area contributed by atoms with Gasteiger partial charge in [0.1, 0.15) is 6.04 Å². The summed E-state index contributed by atoms with van der Waals surface area (Å²) >= 11 is 0. The Hall–Kier alpha value is -0.180. The average Bonchev–Trinajstić information content (AvgIpc) is 1.67. The van der Waals surface area contributed by atoms with Crippen molar-refractivity contribution < 1.29 is 14.4 Å². The molecule has 0 bridgehead atoms. The third-order valence-electron chi connectivity index (χ3n) is 0.593. The molecule has 0 heterocycles. The van der Waals surface area contributed by atoms with E-state index in [4.69, 9.17) is 10.8 Å². The van der Waals surface area contributed by atoms with Crippen molar-refractivity contribution in [3.63, 3.8) is 0 Å². The van der Waals surface area contributed by atoms with Crippen LogP contribution in [0.3, 0.4) is 0 Å². The predicted octanol–water partition coefficient (Wildman–Crippen LogP) is -0.795. The van der Waals surface area contributed by atoms with Crippen LogP contribution in [0.25, 0.3) is 0 Å². The molecule has 0 aromatic rings. The Labute approximate surface area is 49.3 Å². The largest absolute Gasteiger partial charge is 0.480 e. The molecule has 3 N–H and O–H groups in total. The third-order valence-corrected chi connectivity index (χ3v) is 0.785. The number of carboxylic acid groups (broad SMARTS) is 1. The molecule has 0 saturated carbocycles. The fourth-order valence-electron chi connectivity index (χ4n) is 0.175. The summed E-state index contributed by atoms with van der Waals surface area (Å²) < 4.78 is 4.38. The molecular formula is C3H8NO3P. The van der Waals surface area contributed by atoms with Crippen LogP contribution in [0.2, 0.25) is 0 Å². The van der Waals surface area contributed by atoms with Crippen molar-refractivity contribution in [2.45, 2.75) is 6.04 Å². The van der Waals surface area contributed by atoms with Crippen LogP contribution in [0.1, 0.15) is 0 Å². The SMILES string of the molecule is NC(COP)C(=O)O. The van der Waals surface area contributed by atoms with Crippen LogP contribution in [-0.4, -0.2) is 23.7 Å². The smallest absolute Gasteiger partial charge is 0.322 e. The molecule has 0 aliphatic heterocycles. The fourth-order valence-corrected chi connectivity index (χ4v) is 0.382. The zero-order valence-corrected chi connectivity index (χ0v) is 5.36. The molecule has 48 valence electrons. The van der Waals surface area contributed by atoms with Gasteiger partial charge in [0.05, 0.1) is 6.61 Å². The van der Waals surface area contributed by atoms with Gasteiger partial charge < -0.3 is 15.4 Å². The van der Waals surface area contributed by atoms with Crippen molar-refractivity contribution in [2.24, 2.45) is 5.73 Å². The van der Waals surface area contributed by atoms with E-state index in [0.717, 1.165) is 0 Å². The van der Waals surface area contributed by atoms with Crippen molar-refractivity contribution in [3.05, 3.63) is 0 Å². The van der Waals surface area contributed by atoms with E-state index in [1.165, 1.54) is 0 Å². The van der Waals surface area contributed by atoms with Gasteiger partial charge in [0, 0.05) is 9.47 Å². The van der Waals surface area contributed by atoms with Crippen LogP contribution in [0.4, 0.5) is 0 Å². The van der Waals surface area contributed by atoms with Crippen molar-refractivity contribution >= 4 is 15.4 Å². The van der Waals surface area contributed by atoms with Crippen LogP contribution in [-0.2, 0) is 9.32 Å². The molecule has 2 unspecified atom stereocenters. The molecule has 0 aliphatic carbocycles. The van der Waals surface area contributed by atoms with Crippen molar-refractivity contribution in [3.8, 4) is 0 Å². The minimum atomic E-state index is -1.05. The molecule has 0 aliphatic rings. The molecule has 0 rings (SSSR count). The third kappa shape index (κ3) is 2.91. The predicted molar refractivity (Wildman–Crippen MR) is 31.3 cm³/mol. The lowest BCUT2D eigenvalue weighted by atomic mass is 10.3. The van der Waals surface area contributed by atoms with E-state index in [2.05, 4.69) is 4.52 Å². The number of aliphatic carboxylic acids is 1. The molecule has 0 saturated heterocycles. The van der Waals surface area contributed by atoms with E-state index in [1.54, 1.807) is 0 Å². The molecule has 0 aromatic carbocycles. The summed E-state index contributed by atoms with van der Waals surface area (Å²) in [7, 11) is 1.93. The van der Waals surface area contributed by atoms with Gasteiger partial charge in [-0.2, -0.15) is 0 Å². The summed E-state index contributed by atoms with van der Waals surface area (Å²) in [6, 6.07) is -0.910. The molecule has 5 heteroatoms. The van der Waals surface area contributed by atoms with Crippen LogP contribution in [0.15, 0.2) is 0 Å². The van der Waals surface area contributed by atoms with Crippen LogP contribution >= 0.6 is 9.47 Å². The lowest BCUT2D eigenvalue weighted by Crippen LogP contribution is -2.33. The van der Waals surface area contributed by atoms with Gasteiger partial charge in [-0.1, -0.05) is 0 Å². The lowest BCUT2D eigenvalue weighted by Gasteiger charge is -2.01. The molecule has 4 nitrogen and oxygen atoms in total. The summed E-state index contributed by atoms with van der Waals surface area (Å²) in [6.07, 6.45) is 0. The lowest BCUT2D eigenvalue weighted by molar-refractivity contribution is -0.139. The van der Waals surface area contributed by atoms with Crippen molar-refractivity contribution in [2.75, 3.05) is 6.61 Å². The highest BCUT2D eigenvalue weighted by Crippen LogP contribution is 1.86. The zero-order chi connectivity index (χ0) is 6.57. The molecular weight excluding hydrogens is 129 g/mol. The average molecular weight is 137 g/mol. The molecule has 0 radical (unpaired) electrons. The van der Waals surface area contributed by atoms with Gasteiger partial charge in [0.15, 0.2) is 0 Å². The van der Waals surface area contributed by atoms with Crippen LogP contribution in [0.5, 0.6) is 0 Å². The second-order valence-corrected chi connectivity index (χ2v) is 1.61. The van der Waals surface area contributed by atoms with E-state index in [9.17, 15) is 4.79 Å². The van der Waals surface area contributed by atoms with Crippen LogP contribution in [0, 0.1) is 0 Å². The Morgan fingerprint density at radius 3 is 2.62 bits per heavy atom. The first-order valence-electron chi connectivity index (χ1n) is 1.98. The first-order chi connectivity index (χ1) is 3.68. The maximum atomic E-state index is 9.87. The first-order valence-corrected chi connectivity index (χ1v) is 2.45. The number of carboxylic acids is 1. The maximum Gasteiger partial charge on any atom is 0.322 e. The van der Waals surface area contributed by atoms with E-state index in [0.29, 0.717) is 0 Å².